The van der Waals surface area contributed by atoms with Crippen LogP contribution in [0.1, 0.15) is 36.6 Å². The van der Waals surface area contributed by atoms with E-state index in [2.05, 4.69) is 45.6 Å². The summed E-state index contributed by atoms with van der Waals surface area (Å²) >= 11 is 0. The van der Waals surface area contributed by atoms with E-state index in [-0.39, 0.29) is 12.0 Å². The van der Waals surface area contributed by atoms with Gasteiger partial charge in [0.15, 0.2) is 0 Å². The number of allylic oxidation sites excluding steroid dienone is 1. The number of aromatic nitrogens is 1. The van der Waals surface area contributed by atoms with Gasteiger partial charge in [-0.2, -0.15) is 0 Å². The zero-order chi connectivity index (χ0) is 20.8. The van der Waals surface area contributed by atoms with Crippen molar-refractivity contribution in [1.82, 2.24) is 9.47 Å². The Morgan fingerprint density at radius 1 is 1.33 bits per heavy atom. The smallest absolute Gasteiger partial charge is 0.335 e. The van der Waals surface area contributed by atoms with E-state index in [0.29, 0.717) is 11.5 Å². The summed E-state index contributed by atoms with van der Waals surface area (Å²) in [4.78, 5) is 29.7. The summed E-state index contributed by atoms with van der Waals surface area (Å²) in [5.41, 5.74) is 4.69. The molecule has 1 aliphatic carbocycles. The fourth-order valence-electron chi connectivity index (χ4n) is 5.82. The standard InChI is InChI=1S/C22H25N3O5/c1-23-19-8-3-2-6-15(19)16-9-10-24-12-14-5-4-7-17(18(14)11-20(24)21(16)23)22(26)29-13-30-25(27)28/h2-3,6-8,14,18,20H,4-5,9-13H2,1H3. The van der Waals surface area contributed by atoms with Crippen LogP contribution >= 0.6 is 0 Å². The number of nitrogens with zero attached hydrogens (tertiary/aromatic N) is 3. The lowest BCUT2D eigenvalue weighted by molar-refractivity contribution is -0.765. The molecule has 0 spiro atoms. The third-order valence-corrected chi connectivity index (χ3v) is 7.07. The highest BCUT2D eigenvalue weighted by molar-refractivity contribution is 5.89. The molecule has 1 aromatic carbocycles. The molecule has 2 aliphatic heterocycles. The topological polar surface area (TPSA) is 86.8 Å². The van der Waals surface area contributed by atoms with Gasteiger partial charge in [0.05, 0.1) is 6.04 Å². The minimum Gasteiger partial charge on any atom is -0.434 e. The first-order valence-corrected chi connectivity index (χ1v) is 10.5. The normalized spacial score (nSPS) is 25.6. The lowest BCUT2D eigenvalue weighted by Crippen LogP contribution is -2.48. The van der Waals surface area contributed by atoms with Crippen LogP contribution in [0.25, 0.3) is 10.9 Å². The van der Waals surface area contributed by atoms with Crippen molar-refractivity contribution < 1.29 is 19.5 Å². The second-order valence-electron chi connectivity index (χ2n) is 8.44. The first kappa shape index (κ1) is 19.1. The van der Waals surface area contributed by atoms with E-state index in [4.69, 9.17) is 4.74 Å². The highest BCUT2D eigenvalue weighted by Gasteiger charge is 2.44. The molecule has 0 N–H and O–H groups in total. The van der Waals surface area contributed by atoms with Gasteiger partial charge in [-0.1, -0.05) is 24.3 Å². The zero-order valence-corrected chi connectivity index (χ0v) is 17.0. The average molecular weight is 411 g/mol. The Hall–Kier alpha value is -2.87. The Kier molecular flexibility index (Phi) is 4.73. The van der Waals surface area contributed by atoms with E-state index in [9.17, 15) is 14.9 Å². The average Bonchev–Trinajstić information content (AvgIpc) is 3.04. The second kappa shape index (κ2) is 7.43. The Labute approximate surface area is 174 Å². The van der Waals surface area contributed by atoms with Gasteiger partial charge in [-0.05, 0) is 49.1 Å². The largest absolute Gasteiger partial charge is 0.434 e. The van der Waals surface area contributed by atoms with Crippen molar-refractivity contribution in [3.63, 3.8) is 0 Å². The molecule has 1 fully saturated rings. The summed E-state index contributed by atoms with van der Waals surface area (Å²) in [5.74, 6) is 0.0154. The van der Waals surface area contributed by atoms with E-state index in [1.54, 1.807) is 0 Å². The number of carbonyl (C=O) groups is 1. The summed E-state index contributed by atoms with van der Waals surface area (Å²) < 4.78 is 7.35. The number of piperidine rings is 1. The van der Waals surface area contributed by atoms with Gasteiger partial charge in [0, 0.05) is 42.3 Å². The summed E-state index contributed by atoms with van der Waals surface area (Å²) in [6, 6.07) is 8.80. The molecule has 1 saturated heterocycles. The molecule has 30 heavy (non-hydrogen) atoms. The van der Waals surface area contributed by atoms with Crippen LogP contribution in [0.2, 0.25) is 0 Å². The Morgan fingerprint density at radius 2 is 2.17 bits per heavy atom. The number of hydrogen-bond acceptors (Lipinski definition) is 6. The third kappa shape index (κ3) is 3.06. The van der Waals surface area contributed by atoms with E-state index < -0.39 is 17.8 Å². The van der Waals surface area contributed by atoms with Crippen LogP contribution in [0.5, 0.6) is 0 Å². The summed E-state index contributed by atoms with van der Waals surface area (Å²) in [6.07, 6.45) is 5.75. The van der Waals surface area contributed by atoms with E-state index in [1.165, 1.54) is 22.2 Å². The van der Waals surface area contributed by atoms with Crippen molar-refractivity contribution in [3.8, 4) is 0 Å². The van der Waals surface area contributed by atoms with Gasteiger partial charge in [-0.3, -0.25) is 9.74 Å². The Bertz CT molecular complexity index is 1040. The van der Waals surface area contributed by atoms with Gasteiger partial charge >= 0.3 is 5.97 Å². The number of para-hydroxylation sites is 1. The van der Waals surface area contributed by atoms with Crippen LogP contribution in [0.3, 0.4) is 0 Å². The zero-order valence-electron chi connectivity index (χ0n) is 17.0. The quantitative estimate of drug-likeness (QED) is 0.332. The molecule has 158 valence electrons. The van der Waals surface area contributed by atoms with Crippen LogP contribution in [-0.2, 0) is 27.8 Å². The molecule has 3 unspecified atom stereocenters. The molecule has 3 aliphatic rings. The van der Waals surface area contributed by atoms with Crippen LogP contribution in [0.4, 0.5) is 0 Å². The molecule has 5 rings (SSSR count). The van der Waals surface area contributed by atoms with Gasteiger partial charge in [-0.25, -0.2) is 4.79 Å². The number of aryl methyl sites for hydroxylation is 1. The summed E-state index contributed by atoms with van der Waals surface area (Å²) in [7, 11) is 2.14. The van der Waals surface area contributed by atoms with Crippen LogP contribution in [-0.4, -0.2) is 40.4 Å². The lowest BCUT2D eigenvalue weighted by Gasteiger charge is -2.48. The molecule has 3 atom stereocenters. The number of ether oxygens (including phenoxy) is 1. The molecule has 8 nitrogen and oxygen atoms in total. The second-order valence-corrected chi connectivity index (χ2v) is 8.44. The lowest BCUT2D eigenvalue weighted by atomic mass is 9.70. The number of carbonyl (C=O) groups excluding carboxylic acids is 1. The molecule has 2 aromatic rings. The molecule has 0 amide bonds. The Balaban J connectivity index is 1.43. The number of hydrogen-bond donors (Lipinski definition) is 0. The monoisotopic (exact) mass is 411 g/mol. The minimum atomic E-state index is -0.951. The van der Waals surface area contributed by atoms with Gasteiger partial charge < -0.3 is 9.30 Å². The van der Waals surface area contributed by atoms with Gasteiger partial charge in [0.25, 0.3) is 5.09 Å². The maximum Gasteiger partial charge on any atom is 0.335 e. The number of rotatable bonds is 4. The first-order chi connectivity index (χ1) is 14.5. The summed E-state index contributed by atoms with van der Waals surface area (Å²) in [5, 5.41) is 10.7. The predicted molar refractivity (Wildman–Crippen MR) is 109 cm³/mol. The van der Waals surface area contributed by atoms with Crippen molar-refractivity contribution >= 4 is 16.9 Å². The van der Waals surface area contributed by atoms with E-state index >= 15 is 0 Å². The fourth-order valence-corrected chi connectivity index (χ4v) is 5.82. The fraction of sp³-hybridized carbons (Fsp3) is 0.500. The third-order valence-electron chi connectivity index (χ3n) is 7.07. The first-order valence-electron chi connectivity index (χ1n) is 10.5. The van der Waals surface area contributed by atoms with Gasteiger partial charge in [0.1, 0.15) is 0 Å². The molecule has 0 bridgehead atoms. The molecule has 0 saturated carbocycles. The Morgan fingerprint density at radius 3 is 3.00 bits per heavy atom. The predicted octanol–water partition coefficient (Wildman–Crippen LogP) is 3.14. The van der Waals surface area contributed by atoms with E-state index in [0.717, 1.165) is 38.8 Å². The highest BCUT2D eigenvalue weighted by Crippen LogP contribution is 2.48. The van der Waals surface area contributed by atoms with Crippen molar-refractivity contribution in [2.45, 2.75) is 31.7 Å². The van der Waals surface area contributed by atoms with E-state index in [1.807, 2.05) is 6.08 Å². The SMILES string of the molecule is Cn1c2c(c3ccccc31)CCN1CC3CCC=C(C(=O)OCO[N+](=O)[O-])C3CC21. The van der Waals surface area contributed by atoms with Crippen molar-refractivity contribution in [3.05, 3.63) is 57.3 Å². The molecule has 8 heteroatoms. The molecular weight excluding hydrogens is 386 g/mol. The van der Waals surface area contributed by atoms with Crippen molar-refractivity contribution in [1.29, 1.82) is 0 Å². The molecular formula is C22H25N3O5. The maximum atomic E-state index is 12.6. The molecule has 1 aromatic heterocycles. The van der Waals surface area contributed by atoms with Crippen LogP contribution < -0.4 is 0 Å². The van der Waals surface area contributed by atoms with Crippen molar-refractivity contribution in [2.24, 2.45) is 18.9 Å². The number of fused-ring (bicyclic) bond motifs is 6. The maximum absolute atomic E-state index is 12.6. The molecule has 3 heterocycles. The van der Waals surface area contributed by atoms with Crippen LogP contribution in [0.15, 0.2) is 35.9 Å². The highest BCUT2D eigenvalue weighted by atomic mass is 17.0. The molecule has 0 radical (unpaired) electrons. The van der Waals surface area contributed by atoms with Crippen LogP contribution in [0, 0.1) is 22.0 Å². The minimum absolute atomic E-state index is 0.104. The number of benzene rings is 1. The van der Waals surface area contributed by atoms with Gasteiger partial charge in [-0.15, -0.1) is 10.1 Å². The summed E-state index contributed by atoms with van der Waals surface area (Å²) in [6.45, 7) is 1.34. The van der Waals surface area contributed by atoms with Gasteiger partial charge in [0.2, 0.25) is 6.79 Å². The number of esters is 1. The van der Waals surface area contributed by atoms with Crippen molar-refractivity contribution in [2.75, 3.05) is 19.9 Å².